The van der Waals surface area contributed by atoms with Crippen LogP contribution in [0.5, 0.6) is 0 Å². The van der Waals surface area contributed by atoms with Gasteiger partial charge in [0.1, 0.15) is 0 Å². The van der Waals surface area contributed by atoms with Crippen LogP contribution in [-0.2, 0) is 4.79 Å². The molecule has 0 aliphatic heterocycles. The van der Waals surface area contributed by atoms with Crippen molar-refractivity contribution in [2.45, 2.75) is 46.0 Å². The molecule has 1 heterocycles. The minimum absolute atomic E-state index is 0.0205. The topological polar surface area (TPSA) is 59.3 Å². The van der Waals surface area contributed by atoms with Crippen LogP contribution in [0.25, 0.3) is 17.0 Å². The molecule has 1 unspecified atom stereocenters. The number of allylic oxidation sites excluding steroid dienone is 1. The van der Waals surface area contributed by atoms with E-state index in [-0.39, 0.29) is 24.7 Å². The van der Waals surface area contributed by atoms with Crippen molar-refractivity contribution in [1.82, 2.24) is 4.57 Å². The number of carboxylic acid groups (broad SMARTS) is 1. The van der Waals surface area contributed by atoms with Crippen LogP contribution in [0.1, 0.15) is 56.4 Å². The number of aromatic nitrogens is 1. The maximum absolute atomic E-state index is 12.8. The van der Waals surface area contributed by atoms with Crippen LogP contribution in [0.3, 0.4) is 0 Å². The highest BCUT2D eigenvalue weighted by molar-refractivity contribution is 6.31. The molecule has 1 N–H and O–H groups in total. The summed E-state index contributed by atoms with van der Waals surface area (Å²) in [6.45, 7) is 3.92. The smallest absolute Gasteiger partial charge is 0.303 e. The van der Waals surface area contributed by atoms with Gasteiger partial charge in [-0.15, -0.1) is 0 Å². The van der Waals surface area contributed by atoms with E-state index in [2.05, 4.69) is 13.0 Å². The zero-order valence-corrected chi connectivity index (χ0v) is 15.4. The van der Waals surface area contributed by atoms with E-state index in [0.717, 1.165) is 35.9 Å². The average Bonchev–Trinajstić information content (AvgIpc) is 2.88. The highest BCUT2D eigenvalue weighted by Crippen LogP contribution is 2.26. The van der Waals surface area contributed by atoms with Gasteiger partial charge < -0.3 is 5.11 Å². The fraction of sp³-hybridized carbons (Fsp3) is 0.400. The van der Waals surface area contributed by atoms with Gasteiger partial charge >= 0.3 is 5.97 Å². The quantitative estimate of drug-likeness (QED) is 0.619. The highest BCUT2D eigenvalue weighted by Gasteiger charge is 2.18. The number of aliphatic carboxylic acids is 1. The third-order valence-corrected chi connectivity index (χ3v) is 4.34. The third kappa shape index (κ3) is 5.20. The predicted octanol–water partition coefficient (Wildman–Crippen LogP) is 5.64. The number of carboxylic acids is 1. The van der Waals surface area contributed by atoms with Gasteiger partial charge in [-0.3, -0.25) is 14.2 Å². The number of benzene rings is 1. The number of nitrogens with zero attached hydrogens (tertiary/aromatic N) is 1. The number of carbonyl (C=O) groups is 2. The summed E-state index contributed by atoms with van der Waals surface area (Å²) in [4.78, 5) is 23.7. The van der Waals surface area contributed by atoms with Gasteiger partial charge in [-0.25, -0.2) is 0 Å². The summed E-state index contributed by atoms with van der Waals surface area (Å²) in [6, 6.07) is 7.44. The Labute approximate surface area is 153 Å². The molecule has 5 heteroatoms. The van der Waals surface area contributed by atoms with E-state index in [1.54, 1.807) is 23.6 Å². The molecule has 0 saturated carbocycles. The summed E-state index contributed by atoms with van der Waals surface area (Å²) in [5.41, 5.74) is 1.57. The van der Waals surface area contributed by atoms with E-state index in [0.29, 0.717) is 5.02 Å². The molecule has 1 aromatic carbocycles. The van der Waals surface area contributed by atoms with Crippen LogP contribution >= 0.6 is 11.6 Å². The lowest BCUT2D eigenvalue weighted by Crippen LogP contribution is -2.17. The van der Waals surface area contributed by atoms with Gasteiger partial charge in [0.05, 0.1) is 5.52 Å². The maximum Gasteiger partial charge on any atom is 0.303 e. The molecular weight excluding hydrogens is 338 g/mol. The van der Waals surface area contributed by atoms with Crippen molar-refractivity contribution in [2.24, 2.45) is 5.92 Å². The van der Waals surface area contributed by atoms with Crippen LogP contribution < -0.4 is 0 Å². The minimum Gasteiger partial charge on any atom is -0.481 e. The molecule has 0 fully saturated rings. The molecule has 1 atom stereocenters. The zero-order valence-electron chi connectivity index (χ0n) is 14.7. The molecule has 0 aliphatic rings. The average molecular weight is 362 g/mol. The summed E-state index contributed by atoms with van der Waals surface area (Å²) in [6.07, 6.45) is 7.38. The Balaban J connectivity index is 2.36. The Morgan fingerprint density at radius 3 is 2.72 bits per heavy atom. The number of hydrogen-bond donors (Lipinski definition) is 1. The molecule has 1 aromatic heterocycles. The van der Waals surface area contributed by atoms with Crippen LogP contribution in [-0.4, -0.2) is 21.6 Å². The Morgan fingerprint density at radius 2 is 2.04 bits per heavy atom. The Hall–Kier alpha value is -2.07. The predicted molar refractivity (Wildman–Crippen MR) is 102 cm³/mol. The van der Waals surface area contributed by atoms with Crippen LogP contribution in [0.4, 0.5) is 0 Å². The molecule has 0 aliphatic carbocycles. The summed E-state index contributed by atoms with van der Waals surface area (Å²) in [5, 5.41) is 10.4. The molecule has 2 aromatic rings. The molecule has 0 saturated heterocycles. The van der Waals surface area contributed by atoms with E-state index in [9.17, 15) is 9.59 Å². The Kier molecular flexibility index (Phi) is 6.82. The second-order valence-corrected chi connectivity index (χ2v) is 6.89. The van der Waals surface area contributed by atoms with Gasteiger partial charge in [-0.1, -0.05) is 50.4 Å². The molecule has 0 spiro atoms. The van der Waals surface area contributed by atoms with Gasteiger partial charge in [0.2, 0.25) is 5.91 Å². The van der Waals surface area contributed by atoms with Gasteiger partial charge in [-0.05, 0) is 36.6 Å². The van der Waals surface area contributed by atoms with Gasteiger partial charge in [0.15, 0.2) is 0 Å². The fourth-order valence-electron chi connectivity index (χ4n) is 2.88. The summed E-state index contributed by atoms with van der Waals surface area (Å²) >= 11 is 6.10. The third-order valence-electron chi connectivity index (χ3n) is 4.10. The van der Waals surface area contributed by atoms with Crippen LogP contribution in [0, 0.1) is 5.92 Å². The lowest BCUT2D eigenvalue weighted by atomic mass is 10.0. The summed E-state index contributed by atoms with van der Waals surface area (Å²) < 4.78 is 1.65. The first-order chi connectivity index (χ1) is 11.9. The van der Waals surface area contributed by atoms with Crippen molar-refractivity contribution < 1.29 is 14.7 Å². The van der Waals surface area contributed by atoms with Crippen LogP contribution in [0.15, 0.2) is 30.3 Å². The van der Waals surface area contributed by atoms with E-state index in [1.807, 2.05) is 18.2 Å². The summed E-state index contributed by atoms with van der Waals surface area (Å²) in [7, 11) is 0. The Bertz CT molecular complexity index is 792. The molecule has 0 amide bonds. The molecule has 4 nitrogen and oxygen atoms in total. The molecule has 0 bridgehead atoms. The molecular formula is C20H24ClNO3. The number of carbonyl (C=O) groups excluding carboxylic acids is 1. The monoisotopic (exact) mass is 361 g/mol. The van der Waals surface area contributed by atoms with Crippen molar-refractivity contribution in [1.29, 1.82) is 0 Å². The first-order valence-electron chi connectivity index (χ1n) is 8.65. The van der Waals surface area contributed by atoms with E-state index < -0.39 is 5.97 Å². The van der Waals surface area contributed by atoms with E-state index in [1.165, 1.54) is 0 Å². The fourth-order valence-corrected chi connectivity index (χ4v) is 3.05. The van der Waals surface area contributed by atoms with Crippen molar-refractivity contribution in [2.75, 3.05) is 0 Å². The largest absolute Gasteiger partial charge is 0.481 e. The SMILES string of the molecule is CCCC/C=C/c1cc2ccc(Cl)cc2n1C(=O)CC(C)CC(=O)O. The first kappa shape index (κ1) is 19.3. The first-order valence-corrected chi connectivity index (χ1v) is 9.02. The van der Waals surface area contributed by atoms with Gasteiger partial charge in [0.25, 0.3) is 0 Å². The molecule has 2 rings (SSSR count). The van der Waals surface area contributed by atoms with E-state index in [4.69, 9.17) is 16.7 Å². The summed E-state index contributed by atoms with van der Waals surface area (Å²) in [5.74, 6) is -1.22. The second kappa shape index (κ2) is 8.86. The minimum atomic E-state index is -0.889. The molecule has 25 heavy (non-hydrogen) atoms. The normalized spacial score (nSPS) is 12.8. The lowest BCUT2D eigenvalue weighted by Gasteiger charge is -2.11. The van der Waals surface area contributed by atoms with Crippen molar-refractivity contribution in [3.05, 3.63) is 41.1 Å². The van der Waals surface area contributed by atoms with Crippen molar-refractivity contribution in [3.63, 3.8) is 0 Å². The number of halogens is 1. The van der Waals surface area contributed by atoms with Crippen molar-refractivity contribution in [3.8, 4) is 0 Å². The van der Waals surface area contributed by atoms with Crippen molar-refractivity contribution >= 4 is 40.5 Å². The van der Waals surface area contributed by atoms with Crippen LogP contribution in [0.2, 0.25) is 5.02 Å². The van der Waals surface area contributed by atoms with E-state index >= 15 is 0 Å². The second-order valence-electron chi connectivity index (χ2n) is 6.45. The maximum atomic E-state index is 12.8. The van der Waals surface area contributed by atoms with Gasteiger partial charge in [-0.2, -0.15) is 0 Å². The number of rotatable bonds is 8. The highest BCUT2D eigenvalue weighted by atomic mass is 35.5. The standard InChI is InChI=1S/C20H24ClNO3/c1-3-4-5-6-7-17-12-15-8-9-16(21)13-18(15)22(17)19(23)10-14(2)11-20(24)25/h6-9,12-14H,3-5,10-11H2,1-2H3,(H,24,25)/b7-6+. The zero-order chi connectivity index (χ0) is 18.4. The number of hydrogen-bond acceptors (Lipinski definition) is 2. The van der Waals surface area contributed by atoms with Gasteiger partial charge in [0, 0.05) is 28.9 Å². The molecule has 134 valence electrons. The number of unbranched alkanes of at least 4 members (excludes halogenated alkanes) is 2. The Morgan fingerprint density at radius 1 is 1.28 bits per heavy atom. The molecule has 0 radical (unpaired) electrons. The number of fused-ring (bicyclic) bond motifs is 1. The lowest BCUT2D eigenvalue weighted by molar-refractivity contribution is -0.137.